The minimum Gasteiger partial charge on any atom is -0.375 e. The Balaban J connectivity index is 2.43. The molecule has 1 heterocycles. The molecule has 0 aromatic heterocycles. The summed E-state index contributed by atoms with van der Waals surface area (Å²) in [7, 11) is -2.49. The van der Waals surface area contributed by atoms with Crippen LogP contribution in [-0.4, -0.2) is 23.7 Å². The topological polar surface area (TPSA) is 55.8 Å². The molecule has 12 heavy (non-hydrogen) atoms. The summed E-state index contributed by atoms with van der Waals surface area (Å²) in [5, 5.41) is 0. The molecule has 0 radical (unpaired) electrons. The maximum absolute atomic E-state index is 10.4. The first-order chi connectivity index (χ1) is 5.65. The maximum Gasteiger partial charge on any atom is 0.695 e. The van der Waals surface area contributed by atoms with Crippen LogP contribution in [0.3, 0.4) is 0 Å². The van der Waals surface area contributed by atoms with E-state index < -0.39 is 8.25 Å². The highest BCUT2D eigenvalue weighted by atomic mass is 31.1. The van der Waals surface area contributed by atoms with Crippen molar-refractivity contribution in [1.29, 1.82) is 0 Å². The fourth-order valence-corrected chi connectivity index (χ4v) is 1.98. The van der Waals surface area contributed by atoms with E-state index in [1.165, 1.54) is 0 Å². The van der Waals surface area contributed by atoms with E-state index in [0.29, 0.717) is 6.61 Å². The summed E-state index contributed by atoms with van der Waals surface area (Å²) in [6.07, 6.45) is 0.872. The maximum atomic E-state index is 10.4. The Bertz CT molecular complexity index is 173. The molecule has 4 nitrogen and oxygen atoms in total. The lowest BCUT2D eigenvalue weighted by molar-refractivity contribution is 0.0863. The van der Waals surface area contributed by atoms with Crippen molar-refractivity contribution in [3.63, 3.8) is 0 Å². The molecule has 0 saturated carbocycles. The van der Waals surface area contributed by atoms with Gasteiger partial charge in [-0.1, -0.05) is 13.8 Å². The Labute approximate surface area is 72.8 Å². The molecule has 1 rings (SSSR count). The van der Waals surface area contributed by atoms with Crippen molar-refractivity contribution in [2.75, 3.05) is 6.61 Å². The van der Waals surface area contributed by atoms with Crippen LogP contribution in [0.4, 0.5) is 0 Å². The molecule has 1 aliphatic heterocycles. The highest BCUT2D eigenvalue weighted by molar-refractivity contribution is 7.32. The third-order valence-corrected chi connectivity index (χ3v) is 2.73. The van der Waals surface area contributed by atoms with E-state index in [4.69, 9.17) is 14.2 Å². The van der Waals surface area contributed by atoms with Gasteiger partial charge in [-0.3, -0.25) is 0 Å². The van der Waals surface area contributed by atoms with Gasteiger partial charge in [0, 0.05) is 10.5 Å². The van der Waals surface area contributed by atoms with E-state index in [1.54, 1.807) is 0 Å². The molecule has 4 atom stereocenters. The molecule has 0 spiro atoms. The molecule has 1 N–H and O–H groups in total. The Morgan fingerprint density at radius 1 is 1.75 bits per heavy atom. The van der Waals surface area contributed by atoms with E-state index >= 15 is 0 Å². The highest BCUT2D eigenvalue weighted by Gasteiger charge is 2.38. The van der Waals surface area contributed by atoms with Crippen LogP contribution in [0.5, 0.6) is 0 Å². The van der Waals surface area contributed by atoms with Crippen molar-refractivity contribution >= 4 is 8.25 Å². The van der Waals surface area contributed by atoms with Crippen molar-refractivity contribution < 1.29 is 18.7 Å². The molecule has 0 aromatic rings. The van der Waals surface area contributed by atoms with Gasteiger partial charge >= 0.3 is 8.25 Å². The molecule has 5 heteroatoms. The second kappa shape index (κ2) is 4.28. The zero-order chi connectivity index (χ0) is 9.14. The van der Waals surface area contributed by atoms with Crippen LogP contribution in [0.25, 0.3) is 0 Å². The van der Waals surface area contributed by atoms with Gasteiger partial charge < -0.3 is 4.74 Å². The molecule has 0 aromatic carbocycles. The van der Waals surface area contributed by atoms with Crippen molar-refractivity contribution in [2.24, 2.45) is 5.92 Å². The second-order valence-corrected chi connectivity index (χ2v) is 3.71. The minimum atomic E-state index is -2.49. The van der Waals surface area contributed by atoms with Crippen LogP contribution in [0.1, 0.15) is 20.3 Å². The van der Waals surface area contributed by atoms with E-state index in [1.807, 2.05) is 13.8 Å². The standard InChI is InChI=1S/C7H13O4P/c1-3-6-5(2)7(4-10-6)11-12(8)9/h5-7H,3-4H2,1-2H3/p+1/t5?,6-,7-/m1/s1. The summed E-state index contributed by atoms with van der Waals surface area (Å²) in [6.45, 7) is 4.44. The molecule has 1 saturated heterocycles. The van der Waals surface area contributed by atoms with Crippen molar-refractivity contribution in [3.8, 4) is 0 Å². The van der Waals surface area contributed by atoms with Gasteiger partial charge in [0.05, 0.1) is 12.7 Å². The molecule has 2 unspecified atom stereocenters. The van der Waals surface area contributed by atoms with Crippen LogP contribution in [0.2, 0.25) is 0 Å². The first-order valence-electron chi connectivity index (χ1n) is 4.09. The fourth-order valence-electron chi connectivity index (χ4n) is 1.49. The van der Waals surface area contributed by atoms with Crippen molar-refractivity contribution in [3.05, 3.63) is 0 Å². The molecular weight excluding hydrogens is 179 g/mol. The SMILES string of the molecule is CC[C@H]1OC[C@@H](O[P+](=O)O)C1C. The third-order valence-electron chi connectivity index (χ3n) is 2.28. The van der Waals surface area contributed by atoms with Crippen LogP contribution < -0.4 is 0 Å². The number of hydrogen-bond donors (Lipinski definition) is 1. The Morgan fingerprint density at radius 3 is 2.83 bits per heavy atom. The summed E-state index contributed by atoms with van der Waals surface area (Å²) in [4.78, 5) is 8.52. The van der Waals surface area contributed by atoms with Crippen LogP contribution >= 0.6 is 8.25 Å². The van der Waals surface area contributed by atoms with Gasteiger partial charge in [-0.05, 0) is 6.42 Å². The van der Waals surface area contributed by atoms with E-state index in [9.17, 15) is 4.57 Å². The van der Waals surface area contributed by atoms with E-state index in [0.717, 1.165) is 6.42 Å². The van der Waals surface area contributed by atoms with Crippen molar-refractivity contribution in [1.82, 2.24) is 0 Å². The van der Waals surface area contributed by atoms with Gasteiger partial charge in [0.2, 0.25) is 0 Å². The largest absolute Gasteiger partial charge is 0.695 e. The van der Waals surface area contributed by atoms with Gasteiger partial charge in [-0.25, -0.2) is 0 Å². The molecule has 1 aliphatic rings. The van der Waals surface area contributed by atoms with Gasteiger partial charge in [-0.2, -0.15) is 0 Å². The summed E-state index contributed by atoms with van der Waals surface area (Å²) in [5.74, 6) is 0.209. The van der Waals surface area contributed by atoms with Crippen molar-refractivity contribution in [2.45, 2.75) is 32.5 Å². The van der Waals surface area contributed by atoms with Crippen LogP contribution in [0, 0.1) is 5.92 Å². The van der Waals surface area contributed by atoms with Gasteiger partial charge in [-0.15, -0.1) is 9.42 Å². The lowest BCUT2D eigenvalue weighted by atomic mass is 10.0. The van der Waals surface area contributed by atoms with Gasteiger partial charge in [0.1, 0.15) is 6.10 Å². The average molecular weight is 193 g/mol. The lowest BCUT2D eigenvalue weighted by Gasteiger charge is -2.12. The first-order valence-corrected chi connectivity index (χ1v) is 5.22. The minimum absolute atomic E-state index is 0.171. The fraction of sp³-hybridized carbons (Fsp3) is 1.00. The monoisotopic (exact) mass is 193 g/mol. The van der Waals surface area contributed by atoms with Gasteiger partial charge in [0.25, 0.3) is 0 Å². The number of ether oxygens (including phenoxy) is 1. The Hall–Kier alpha value is -0.0200. The molecule has 70 valence electrons. The molecule has 1 fully saturated rings. The molecule has 0 aliphatic carbocycles. The normalized spacial score (nSPS) is 36.9. The zero-order valence-electron chi connectivity index (χ0n) is 7.27. The summed E-state index contributed by atoms with van der Waals surface area (Å²) < 4.78 is 20.5. The Kier molecular flexibility index (Phi) is 3.59. The summed E-state index contributed by atoms with van der Waals surface area (Å²) >= 11 is 0. The number of rotatable bonds is 3. The second-order valence-electron chi connectivity index (χ2n) is 3.02. The highest BCUT2D eigenvalue weighted by Crippen LogP contribution is 2.31. The first kappa shape index (κ1) is 10.1. The molecule has 0 bridgehead atoms. The molecule has 0 amide bonds. The quantitative estimate of drug-likeness (QED) is 0.689. The van der Waals surface area contributed by atoms with E-state index in [-0.39, 0.29) is 18.1 Å². The predicted molar refractivity (Wildman–Crippen MR) is 43.9 cm³/mol. The summed E-state index contributed by atoms with van der Waals surface area (Å²) in [6, 6.07) is 0. The van der Waals surface area contributed by atoms with E-state index in [2.05, 4.69) is 0 Å². The molecular formula is C7H14O4P+. The van der Waals surface area contributed by atoms with Gasteiger partial charge in [0.15, 0.2) is 0 Å². The summed E-state index contributed by atoms with van der Waals surface area (Å²) in [5.41, 5.74) is 0. The van der Waals surface area contributed by atoms with Crippen LogP contribution in [-0.2, 0) is 13.8 Å². The third kappa shape index (κ3) is 2.23. The lowest BCUT2D eigenvalue weighted by Crippen LogP contribution is -2.21. The zero-order valence-corrected chi connectivity index (χ0v) is 8.16. The smallest absolute Gasteiger partial charge is 0.375 e. The average Bonchev–Trinajstić information content (AvgIpc) is 2.32. The predicted octanol–water partition coefficient (Wildman–Crippen LogP) is 1.47. The van der Waals surface area contributed by atoms with Crippen LogP contribution in [0.15, 0.2) is 0 Å². The Morgan fingerprint density at radius 2 is 2.42 bits per heavy atom. The number of hydrogen-bond acceptors (Lipinski definition) is 3.